The Labute approximate surface area is 151 Å². The summed E-state index contributed by atoms with van der Waals surface area (Å²) in [7, 11) is 0. The Morgan fingerprint density at radius 1 is 1.08 bits per heavy atom. The first-order chi connectivity index (χ1) is 11.7. The molecule has 3 fully saturated rings. The van der Waals surface area contributed by atoms with Gasteiger partial charge in [-0.25, -0.2) is 0 Å². The summed E-state index contributed by atoms with van der Waals surface area (Å²) in [5, 5.41) is 31.9. The topological polar surface area (TPSA) is 60.7 Å². The van der Waals surface area contributed by atoms with E-state index in [0.717, 1.165) is 38.5 Å². The Balaban J connectivity index is 1.73. The van der Waals surface area contributed by atoms with Crippen LogP contribution in [-0.4, -0.2) is 33.1 Å². The molecule has 0 unspecified atom stereocenters. The van der Waals surface area contributed by atoms with E-state index in [1.165, 1.54) is 5.57 Å². The molecule has 0 saturated heterocycles. The number of terminal acetylenes is 1. The molecule has 3 nitrogen and oxygen atoms in total. The first-order valence-electron chi connectivity index (χ1n) is 10.0. The molecule has 0 radical (unpaired) electrons. The predicted octanol–water partition coefficient (Wildman–Crippen LogP) is 3.04. The molecule has 4 aliphatic carbocycles. The van der Waals surface area contributed by atoms with E-state index in [4.69, 9.17) is 6.42 Å². The maximum Gasteiger partial charge on any atom is 0.130 e. The van der Waals surface area contributed by atoms with Crippen molar-refractivity contribution in [3.05, 3.63) is 11.6 Å². The minimum absolute atomic E-state index is 0.0690. The molecule has 138 valence electrons. The van der Waals surface area contributed by atoms with Crippen molar-refractivity contribution in [1.82, 2.24) is 0 Å². The van der Waals surface area contributed by atoms with E-state index in [2.05, 4.69) is 19.8 Å². The number of hydrogen-bond acceptors (Lipinski definition) is 3. The van der Waals surface area contributed by atoms with Crippen LogP contribution < -0.4 is 0 Å². The molecule has 4 aliphatic rings. The van der Waals surface area contributed by atoms with Crippen LogP contribution in [0, 0.1) is 40.9 Å². The van der Waals surface area contributed by atoms with Gasteiger partial charge in [-0.1, -0.05) is 31.4 Å². The molecule has 25 heavy (non-hydrogen) atoms. The van der Waals surface area contributed by atoms with Gasteiger partial charge in [-0.15, -0.1) is 6.42 Å². The lowest BCUT2D eigenvalue weighted by molar-refractivity contribution is -0.0973. The number of aliphatic hydroxyl groups excluding tert-OH is 2. The van der Waals surface area contributed by atoms with Crippen molar-refractivity contribution in [2.24, 2.45) is 28.6 Å². The molecular formula is C22H32O3. The van der Waals surface area contributed by atoms with Crippen molar-refractivity contribution >= 4 is 0 Å². The fourth-order valence-electron chi connectivity index (χ4n) is 7.14. The Morgan fingerprint density at radius 2 is 1.80 bits per heavy atom. The summed E-state index contributed by atoms with van der Waals surface area (Å²) in [5.74, 6) is 4.00. The van der Waals surface area contributed by atoms with E-state index in [9.17, 15) is 15.3 Å². The summed E-state index contributed by atoms with van der Waals surface area (Å²) in [4.78, 5) is 0. The standard InChI is InChI=1S/C22H32O3/c1-4-22(25)10-7-19-17-13-16(24)12-14-11-15(23)5-8-20(14,2)18(17)6-9-21(19,22)3/h1,12,15-19,23-25H,5-11,13H2,2-3H3/t15-,16-,17+,18-,19-,20-,21-,22-/m0/s1. The lowest BCUT2D eigenvalue weighted by Gasteiger charge is -2.55. The highest BCUT2D eigenvalue weighted by Gasteiger charge is 2.63. The average molecular weight is 344 g/mol. The molecule has 4 rings (SSSR count). The van der Waals surface area contributed by atoms with Crippen molar-refractivity contribution in [2.45, 2.75) is 83.0 Å². The van der Waals surface area contributed by atoms with Crippen molar-refractivity contribution < 1.29 is 15.3 Å². The molecule has 0 aromatic carbocycles. The summed E-state index contributed by atoms with van der Waals surface area (Å²) in [6.45, 7) is 4.53. The van der Waals surface area contributed by atoms with Crippen molar-refractivity contribution in [3.63, 3.8) is 0 Å². The second kappa shape index (κ2) is 5.59. The first-order valence-corrected chi connectivity index (χ1v) is 10.0. The van der Waals surface area contributed by atoms with E-state index >= 15 is 0 Å². The Hall–Kier alpha value is -0.820. The minimum atomic E-state index is -1.00. The highest BCUT2D eigenvalue weighted by atomic mass is 16.3. The Bertz CT molecular complexity index is 634. The van der Waals surface area contributed by atoms with E-state index in [1.54, 1.807) is 0 Å². The van der Waals surface area contributed by atoms with Gasteiger partial charge in [0, 0.05) is 5.41 Å². The van der Waals surface area contributed by atoms with Crippen LogP contribution in [0.5, 0.6) is 0 Å². The average Bonchev–Trinajstić information content (AvgIpc) is 2.77. The van der Waals surface area contributed by atoms with Gasteiger partial charge in [-0.3, -0.25) is 0 Å². The molecule has 3 heteroatoms. The normalized spacial score (nSPS) is 55.2. The molecule has 3 saturated carbocycles. The monoisotopic (exact) mass is 344 g/mol. The number of fused-ring (bicyclic) bond motifs is 5. The predicted molar refractivity (Wildman–Crippen MR) is 97.5 cm³/mol. The Kier molecular flexibility index (Phi) is 3.93. The van der Waals surface area contributed by atoms with Crippen LogP contribution in [0.2, 0.25) is 0 Å². The fraction of sp³-hybridized carbons (Fsp3) is 0.818. The van der Waals surface area contributed by atoms with E-state index in [0.29, 0.717) is 30.6 Å². The van der Waals surface area contributed by atoms with Crippen LogP contribution in [0.4, 0.5) is 0 Å². The van der Waals surface area contributed by atoms with E-state index in [-0.39, 0.29) is 16.9 Å². The summed E-state index contributed by atoms with van der Waals surface area (Å²) >= 11 is 0. The van der Waals surface area contributed by atoms with Gasteiger partial charge in [0.05, 0.1) is 12.2 Å². The first kappa shape index (κ1) is 17.6. The van der Waals surface area contributed by atoms with Crippen LogP contribution in [0.25, 0.3) is 0 Å². The SMILES string of the molecule is C#C[C@]1(O)CC[C@H]2[C@@H]3C[C@@H](O)C=C4C[C@@H](O)CC[C@]4(C)[C@H]3CC[C@@]21C. The van der Waals surface area contributed by atoms with Crippen LogP contribution >= 0.6 is 0 Å². The van der Waals surface area contributed by atoms with Crippen LogP contribution in [0.1, 0.15) is 65.2 Å². The third kappa shape index (κ3) is 2.30. The highest BCUT2D eigenvalue weighted by molar-refractivity contribution is 5.28. The second-order valence-electron chi connectivity index (χ2n) is 9.69. The molecule has 0 aromatic heterocycles. The molecule has 0 spiro atoms. The van der Waals surface area contributed by atoms with Crippen molar-refractivity contribution in [3.8, 4) is 12.3 Å². The van der Waals surface area contributed by atoms with Crippen LogP contribution in [0.3, 0.4) is 0 Å². The zero-order valence-electron chi connectivity index (χ0n) is 15.5. The summed E-state index contributed by atoms with van der Waals surface area (Å²) in [6, 6.07) is 0. The van der Waals surface area contributed by atoms with Gasteiger partial charge in [-0.2, -0.15) is 0 Å². The van der Waals surface area contributed by atoms with E-state index in [1.807, 2.05) is 6.08 Å². The van der Waals surface area contributed by atoms with Crippen molar-refractivity contribution in [1.29, 1.82) is 0 Å². The van der Waals surface area contributed by atoms with Crippen LogP contribution in [-0.2, 0) is 0 Å². The number of rotatable bonds is 0. The second-order valence-corrected chi connectivity index (χ2v) is 9.69. The smallest absolute Gasteiger partial charge is 0.130 e. The molecule has 0 aromatic rings. The maximum atomic E-state index is 11.1. The van der Waals surface area contributed by atoms with Gasteiger partial charge in [0.2, 0.25) is 0 Å². The molecule has 0 bridgehead atoms. The van der Waals surface area contributed by atoms with Gasteiger partial charge in [0.25, 0.3) is 0 Å². The molecule has 3 N–H and O–H groups in total. The number of aliphatic hydroxyl groups is 3. The molecular weight excluding hydrogens is 312 g/mol. The molecule has 8 atom stereocenters. The van der Waals surface area contributed by atoms with Gasteiger partial charge < -0.3 is 15.3 Å². The number of hydrogen-bond donors (Lipinski definition) is 3. The summed E-state index contributed by atoms with van der Waals surface area (Å²) < 4.78 is 0. The quantitative estimate of drug-likeness (QED) is 0.468. The fourth-order valence-corrected chi connectivity index (χ4v) is 7.14. The molecule has 0 amide bonds. The third-order valence-electron chi connectivity index (χ3n) is 8.74. The molecule has 0 aliphatic heterocycles. The van der Waals surface area contributed by atoms with Gasteiger partial charge in [0.1, 0.15) is 5.60 Å². The summed E-state index contributed by atoms with van der Waals surface area (Å²) in [6.07, 6.45) is 14.0. The lowest BCUT2D eigenvalue weighted by atomic mass is 9.49. The summed E-state index contributed by atoms with van der Waals surface area (Å²) in [5.41, 5.74) is 0.0944. The van der Waals surface area contributed by atoms with Gasteiger partial charge >= 0.3 is 0 Å². The van der Waals surface area contributed by atoms with Gasteiger partial charge in [-0.05, 0) is 74.5 Å². The largest absolute Gasteiger partial charge is 0.393 e. The molecule has 0 heterocycles. The minimum Gasteiger partial charge on any atom is -0.393 e. The highest BCUT2D eigenvalue weighted by Crippen LogP contribution is 2.66. The zero-order chi connectivity index (χ0) is 18.0. The lowest BCUT2D eigenvalue weighted by Crippen LogP contribution is -2.53. The van der Waals surface area contributed by atoms with E-state index < -0.39 is 11.7 Å². The van der Waals surface area contributed by atoms with Gasteiger partial charge in [0.15, 0.2) is 0 Å². The van der Waals surface area contributed by atoms with Crippen LogP contribution in [0.15, 0.2) is 11.6 Å². The maximum absolute atomic E-state index is 11.1. The Morgan fingerprint density at radius 3 is 2.52 bits per heavy atom. The third-order valence-corrected chi connectivity index (χ3v) is 8.74. The van der Waals surface area contributed by atoms with Crippen molar-refractivity contribution in [2.75, 3.05) is 0 Å². The zero-order valence-corrected chi connectivity index (χ0v) is 15.5.